The molecule has 3 heterocycles. The quantitative estimate of drug-likeness (QED) is 0.737. The molecule has 5 heteroatoms. The Bertz CT molecular complexity index is 458. The molecule has 1 N–H and O–H groups in total. The first-order chi connectivity index (χ1) is 7.45. The molecule has 0 spiro atoms. The van der Waals surface area contributed by atoms with Gasteiger partial charge in [0.05, 0.1) is 0 Å². The Labute approximate surface area is 87.5 Å². The Kier molecular flexibility index (Phi) is 2.10. The fourth-order valence-electron chi connectivity index (χ4n) is 2.13. The Morgan fingerprint density at radius 3 is 3.00 bits per heavy atom. The summed E-state index contributed by atoms with van der Waals surface area (Å²) >= 11 is 0. The van der Waals surface area contributed by atoms with Crippen molar-refractivity contribution in [3.05, 3.63) is 24.4 Å². The van der Waals surface area contributed by atoms with E-state index in [1.54, 1.807) is 6.33 Å². The number of piperidine rings is 1. The molecule has 1 aliphatic heterocycles. The summed E-state index contributed by atoms with van der Waals surface area (Å²) in [7, 11) is 0. The van der Waals surface area contributed by atoms with Gasteiger partial charge in [0.25, 0.3) is 0 Å². The number of fused-ring (bicyclic) bond motifs is 1. The summed E-state index contributed by atoms with van der Waals surface area (Å²) in [5.74, 6) is 1.56. The van der Waals surface area contributed by atoms with Gasteiger partial charge in [-0.25, -0.2) is 9.97 Å². The van der Waals surface area contributed by atoms with E-state index < -0.39 is 0 Å². The molecule has 3 rings (SSSR count). The van der Waals surface area contributed by atoms with Crippen molar-refractivity contribution < 1.29 is 0 Å². The molecular formula is C10H13N5. The van der Waals surface area contributed by atoms with Crippen LogP contribution >= 0.6 is 0 Å². The zero-order chi connectivity index (χ0) is 10.1. The molecule has 5 nitrogen and oxygen atoms in total. The third-order valence-corrected chi connectivity index (χ3v) is 2.93. The fraction of sp³-hybridized carbons (Fsp3) is 0.500. The van der Waals surface area contributed by atoms with E-state index in [1.807, 2.05) is 16.8 Å². The standard InChI is InChI=1S/C10H13N5/c1-4-11-5-2-8(1)10-12-6-3-9-13-7-14-15(9)10/h3,6-8,11H,1-2,4-5H2. The largest absolute Gasteiger partial charge is 0.317 e. The van der Waals surface area contributed by atoms with Gasteiger partial charge in [-0.3, -0.25) is 0 Å². The Morgan fingerprint density at radius 2 is 2.13 bits per heavy atom. The van der Waals surface area contributed by atoms with Gasteiger partial charge < -0.3 is 5.32 Å². The van der Waals surface area contributed by atoms with Gasteiger partial charge in [-0.2, -0.15) is 9.61 Å². The second-order valence-corrected chi connectivity index (χ2v) is 3.86. The fourth-order valence-corrected chi connectivity index (χ4v) is 2.13. The van der Waals surface area contributed by atoms with Crippen molar-refractivity contribution in [3.8, 4) is 0 Å². The van der Waals surface area contributed by atoms with Crippen LogP contribution in [0.1, 0.15) is 24.6 Å². The van der Waals surface area contributed by atoms with Crippen LogP contribution in [0.3, 0.4) is 0 Å². The highest BCUT2D eigenvalue weighted by Gasteiger charge is 2.19. The van der Waals surface area contributed by atoms with Crippen LogP contribution in [0, 0.1) is 0 Å². The van der Waals surface area contributed by atoms with E-state index in [0.717, 1.165) is 37.4 Å². The molecule has 1 fully saturated rings. The predicted octanol–water partition coefficient (Wildman–Crippen LogP) is 0.591. The highest BCUT2D eigenvalue weighted by Crippen LogP contribution is 2.22. The van der Waals surface area contributed by atoms with Gasteiger partial charge in [-0.15, -0.1) is 0 Å². The highest BCUT2D eigenvalue weighted by atomic mass is 15.3. The lowest BCUT2D eigenvalue weighted by Gasteiger charge is -2.21. The molecule has 0 aliphatic carbocycles. The first-order valence-electron chi connectivity index (χ1n) is 5.30. The van der Waals surface area contributed by atoms with Crippen LogP contribution in [0.4, 0.5) is 0 Å². The van der Waals surface area contributed by atoms with Crippen molar-refractivity contribution in [1.29, 1.82) is 0 Å². The summed E-state index contributed by atoms with van der Waals surface area (Å²) in [6.07, 6.45) is 5.67. The van der Waals surface area contributed by atoms with E-state index in [-0.39, 0.29) is 0 Å². The first-order valence-corrected chi connectivity index (χ1v) is 5.30. The zero-order valence-electron chi connectivity index (χ0n) is 8.43. The van der Waals surface area contributed by atoms with Crippen molar-refractivity contribution in [3.63, 3.8) is 0 Å². The van der Waals surface area contributed by atoms with E-state index in [1.165, 1.54) is 0 Å². The lowest BCUT2D eigenvalue weighted by Crippen LogP contribution is -2.28. The first kappa shape index (κ1) is 8.79. The molecule has 15 heavy (non-hydrogen) atoms. The van der Waals surface area contributed by atoms with E-state index in [0.29, 0.717) is 5.92 Å². The molecule has 2 aromatic heterocycles. The van der Waals surface area contributed by atoms with E-state index in [9.17, 15) is 0 Å². The molecule has 0 unspecified atom stereocenters. The predicted molar refractivity (Wildman–Crippen MR) is 55.6 cm³/mol. The van der Waals surface area contributed by atoms with Crippen LogP contribution in [0.15, 0.2) is 18.6 Å². The maximum absolute atomic E-state index is 4.44. The molecule has 78 valence electrons. The Hall–Kier alpha value is -1.49. The number of rotatable bonds is 1. The average Bonchev–Trinajstić information content (AvgIpc) is 2.78. The molecule has 1 aliphatic rings. The summed E-state index contributed by atoms with van der Waals surface area (Å²) in [4.78, 5) is 8.61. The molecule has 0 saturated carbocycles. The van der Waals surface area contributed by atoms with E-state index >= 15 is 0 Å². The van der Waals surface area contributed by atoms with Crippen molar-refractivity contribution in [1.82, 2.24) is 24.9 Å². The van der Waals surface area contributed by atoms with Gasteiger partial charge in [0, 0.05) is 18.2 Å². The van der Waals surface area contributed by atoms with Crippen molar-refractivity contribution in [2.45, 2.75) is 18.8 Å². The normalized spacial score (nSPS) is 18.4. The molecule has 0 aromatic carbocycles. The SMILES string of the molecule is c1cc2ncnn2c(C2CCNCC2)n1. The minimum absolute atomic E-state index is 0.511. The lowest BCUT2D eigenvalue weighted by molar-refractivity contribution is 0.438. The van der Waals surface area contributed by atoms with Crippen molar-refractivity contribution in [2.24, 2.45) is 0 Å². The number of aromatic nitrogens is 4. The second kappa shape index (κ2) is 3.58. The van der Waals surface area contributed by atoms with Gasteiger partial charge in [-0.1, -0.05) is 0 Å². The third kappa shape index (κ3) is 1.48. The Balaban J connectivity index is 2.05. The molecule has 0 atom stereocenters. The average molecular weight is 203 g/mol. The maximum Gasteiger partial charge on any atom is 0.158 e. The van der Waals surface area contributed by atoms with E-state index in [4.69, 9.17) is 0 Å². The summed E-state index contributed by atoms with van der Waals surface area (Å²) in [6, 6.07) is 1.89. The topological polar surface area (TPSA) is 55.1 Å². The van der Waals surface area contributed by atoms with Crippen molar-refractivity contribution >= 4 is 5.65 Å². The lowest BCUT2D eigenvalue weighted by atomic mass is 9.97. The minimum Gasteiger partial charge on any atom is -0.317 e. The molecular weight excluding hydrogens is 190 g/mol. The van der Waals surface area contributed by atoms with Gasteiger partial charge in [0.1, 0.15) is 12.2 Å². The minimum atomic E-state index is 0.511. The van der Waals surface area contributed by atoms with Crippen LogP contribution in [0.5, 0.6) is 0 Å². The maximum atomic E-state index is 4.44. The number of nitrogens with zero attached hydrogens (tertiary/aromatic N) is 4. The summed E-state index contributed by atoms with van der Waals surface area (Å²) in [6.45, 7) is 2.13. The molecule has 0 amide bonds. The number of nitrogens with one attached hydrogen (secondary N) is 1. The molecule has 0 bridgehead atoms. The summed E-state index contributed by atoms with van der Waals surface area (Å²) in [5.41, 5.74) is 0.888. The van der Waals surface area contributed by atoms with Crippen LogP contribution in [-0.4, -0.2) is 32.7 Å². The van der Waals surface area contributed by atoms with Crippen LogP contribution in [0.2, 0.25) is 0 Å². The molecule has 0 radical (unpaired) electrons. The second-order valence-electron chi connectivity index (χ2n) is 3.86. The monoisotopic (exact) mass is 203 g/mol. The molecule has 1 saturated heterocycles. The van der Waals surface area contributed by atoms with E-state index in [2.05, 4.69) is 20.4 Å². The highest BCUT2D eigenvalue weighted by molar-refractivity contribution is 5.35. The zero-order valence-corrected chi connectivity index (χ0v) is 8.43. The van der Waals surface area contributed by atoms with Crippen LogP contribution in [0.25, 0.3) is 5.65 Å². The number of hydrogen-bond acceptors (Lipinski definition) is 4. The molecule has 2 aromatic rings. The number of hydrogen-bond donors (Lipinski definition) is 1. The van der Waals surface area contributed by atoms with Gasteiger partial charge in [0.15, 0.2) is 5.65 Å². The van der Waals surface area contributed by atoms with Gasteiger partial charge in [-0.05, 0) is 25.9 Å². The van der Waals surface area contributed by atoms with Gasteiger partial charge >= 0.3 is 0 Å². The smallest absolute Gasteiger partial charge is 0.158 e. The summed E-state index contributed by atoms with van der Waals surface area (Å²) in [5, 5.41) is 7.57. The van der Waals surface area contributed by atoms with Crippen molar-refractivity contribution in [2.75, 3.05) is 13.1 Å². The van der Waals surface area contributed by atoms with Gasteiger partial charge in [0.2, 0.25) is 0 Å². The third-order valence-electron chi connectivity index (χ3n) is 2.93. The van der Waals surface area contributed by atoms with Crippen LogP contribution in [-0.2, 0) is 0 Å². The summed E-state index contributed by atoms with van der Waals surface area (Å²) < 4.78 is 1.86. The Morgan fingerprint density at radius 1 is 1.27 bits per heavy atom. The van der Waals surface area contributed by atoms with Crippen LogP contribution < -0.4 is 5.32 Å².